The summed E-state index contributed by atoms with van der Waals surface area (Å²) in [6.45, 7) is 1.57. The quantitative estimate of drug-likeness (QED) is 0.468. The third kappa shape index (κ3) is 4.51. The van der Waals surface area contributed by atoms with E-state index >= 15 is 0 Å². The molecule has 9 heteroatoms. The number of amides is 2. The number of nitrogens with zero attached hydrogens (tertiary/aromatic N) is 4. The van der Waals surface area contributed by atoms with Gasteiger partial charge in [-0.05, 0) is 67.9 Å². The van der Waals surface area contributed by atoms with Crippen LogP contribution in [0.1, 0.15) is 34.6 Å². The lowest BCUT2D eigenvalue weighted by molar-refractivity contribution is -0.122. The van der Waals surface area contributed by atoms with Gasteiger partial charge in [0.2, 0.25) is 5.91 Å². The third-order valence-corrected chi connectivity index (χ3v) is 9.10. The van der Waals surface area contributed by atoms with Crippen molar-refractivity contribution >= 4 is 39.2 Å². The standard InChI is InChI=1S/C28H32N6O2S/c1-33(2)20-9-11-34(15-20)28(36)17-5-3-16(4-6-17)13-22-30-21-10-12-37-25(21)27(31-22)32-24-19-8-7-18(14-19)23(24)26(29)35/h3-8,10,12,18-20,23-24H,9,11,13-15H2,1-2H3,(H2,29,35)(H,30,31,32)/t18?,19?,20-,23?,24?/m1/s1. The molecule has 192 valence electrons. The molecule has 0 radical (unpaired) electrons. The maximum absolute atomic E-state index is 13.0. The number of fused-ring (bicyclic) bond motifs is 3. The van der Waals surface area contributed by atoms with Crippen LogP contribution >= 0.6 is 11.3 Å². The first-order chi connectivity index (χ1) is 17.9. The maximum Gasteiger partial charge on any atom is 0.253 e. The first-order valence-corrected chi connectivity index (χ1v) is 13.8. The molecule has 1 aromatic carbocycles. The van der Waals surface area contributed by atoms with Crippen LogP contribution in [0.5, 0.6) is 0 Å². The fraction of sp³-hybridized carbons (Fsp3) is 0.429. The van der Waals surface area contributed by atoms with Gasteiger partial charge in [0, 0.05) is 37.2 Å². The molecule has 3 aliphatic rings. The lowest BCUT2D eigenvalue weighted by Gasteiger charge is -2.27. The number of likely N-dealkylation sites (tertiary alicyclic amines) is 1. The summed E-state index contributed by atoms with van der Waals surface area (Å²) < 4.78 is 0.987. The molecular formula is C28H32N6O2S. The highest BCUT2D eigenvalue weighted by Gasteiger charge is 2.47. The van der Waals surface area contributed by atoms with E-state index in [1.54, 1.807) is 11.3 Å². The van der Waals surface area contributed by atoms with Crippen molar-refractivity contribution in [3.05, 3.63) is 64.8 Å². The van der Waals surface area contributed by atoms with E-state index in [1.165, 1.54) is 0 Å². The van der Waals surface area contributed by atoms with E-state index in [9.17, 15) is 9.59 Å². The number of hydrogen-bond donors (Lipinski definition) is 2. The van der Waals surface area contributed by atoms with Crippen LogP contribution in [-0.2, 0) is 11.2 Å². The molecule has 0 spiro atoms. The number of anilines is 1. The Morgan fingerprint density at radius 3 is 2.65 bits per heavy atom. The SMILES string of the molecule is CN(C)[C@@H]1CCN(C(=O)c2ccc(Cc3nc(NC4C5C=CC(C5)C4C(N)=O)c4sccc4n3)cc2)C1. The van der Waals surface area contributed by atoms with Crippen molar-refractivity contribution in [1.82, 2.24) is 19.8 Å². The van der Waals surface area contributed by atoms with E-state index < -0.39 is 0 Å². The first kappa shape index (κ1) is 24.1. The van der Waals surface area contributed by atoms with Crippen molar-refractivity contribution in [2.24, 2.45) is 23.5 Å². The highest BCUT2D eigenvalue weighted by atomic mass is 32.1. The highest BCUT2D eigenvalue weighted by molar-refractivity contribution is 7.17. The Morgan fingerprint density at radius 1 is 1.14 bits per heavy atom. The Labute approximate surface area is 220 Å². The second kappa shape index (κ2) is 9.54. The minimum Gasteiger partial charge on any atom is -0.369 e. The van der Waals surface area contributed by atoms with E-state index in [1.807, 2.05) is 40.6 Å². The molecular weight excluding hydrogens is 484 g/mol. The molecule has 2 fully saturated rings. The molecule has 6 rings (SSSR count). The zero-order valence-corrected chi connectivity index (χ0v) is 21.9. The van der Waals surface area contributed by atoms with Gasteiger partial charge in [-0.25, -0.2) is 9.97 Å². The Kier molecular flexibility index (Phi) is 6.20. The van der Waals surface area contributed by atoms with Gasteiger partial charge >= 0.3 is 0 Å². The topological polar surface area (TPSA) is 104 Å². The number of primary amides is 1. The van der Waals surface area contributed by atoms with E-state index in [0.29, 0.717) is 23.9 Å². The van der Waals surface area contributed by atoms with Gasteiger partial charge in [0.1, 0.15) is 11.6 Å². The number of likely N-dealkylation sites (N-methyl/N-ethyl adjacent to an activating group) is 1. The van der Waals surface area contributed by atoms with Gasteiger partial charge in [0.05, 0.1) is 16.1 Å². The molecule has 2 amide bonds. The number of rotatable bonds is 7. The fourth-order valence-electron chi connectivity index (χ4n) is 6.13. The van der Waals surface area contributed by atoms with Gasteiger partial charge < -0.3 is 20.9 Å². The summed E-state index contributed by atoms with van der Waals surface area (Å²) >= 11 is 1.59. The molecule has 4 unspecified atom stereocenters. The summed E-state index contributed by atoms with van der Waals surface area (Å²) in [5.41, 5.74) is 8.42. The van der Waals surface area contributed by atoms with Gasteiger partial charge in [-0.2, -0.15) is 0 Å². The highest BCUT2D eigenvalue weighted by Crippen LogP contribution is 2.45. The Morgan fingerprint density at radius 2 is 1.92 bits per heavy atom. The molecule has 1 saturated heterocycles. The second-order valence-corrected chi connectivity index (χ2v) is 11.6. The normalized spacial score (nSPS) is 26.5. The number of allylic oxidation sites excluding steroid dienone is 1. The minimum absolute atomic E-state index is 0.0523. The molecule has 1 saturated carbocycles. The minimum atomic E-state index is -0.258. The summed E-state index contributed by atoms with van der Waals surface area (Å²) in [5.74, 6) is 1.56. The summed E-state index contributed by atoms with van der Waals surface area (Å²) in [5, 5.41) is 5.59. The van der Waals surface area contributed by atoms with Crippen LogP contribution in [-0.4, -0.2) is 70.9 Å². The molecule has 2 aliphatic carbocycles. The van der Waals surface area contributed by atoms with Crippen molar-refractivity contribution in [2.75, 3.05) is 32.5 Å². The number of nitrogens with two attached hydrogens (primary N) is 1. The summed E-state index contributed by atoms with van der Waals surface area (Å²) in [6, 6.07) is 10.2. The Balaban J connectivity index is 1.19. The van der Waals surface area contributed by atoms with E-state index in [-0.39, 0.29) is 35.6 Å². The predicted molar refractivity (Wildman–Crippen MR) is 145 cm³/mol. The largest absolute Gasteiger partial charge is 0.369 e. The number of carbonyl (C=O) groups excluding carboxylic acids is 2. The first-order valence-electron chi connectivity index (χ1n) is 12.9. The van der Waals surface area contributed by atoms with Crippen molar-refractivity contribution in [3.63, 3.8) is 0 Å². The fourth-order valence-corrected chi connectivity index (χ4v) is 6.91. The molecule has 3 N–H and O–H groups in total. The molecule has 37 heavy (non-hydrogen) atoms. The van der Waals surface area contributed by atoms with Crippen LogP contribution in [0, 0.1) is 17.8 Å². The second-order valence-electron chi connectivity index (χ2n) is 10.7. The average Bonchev–Trinajstić information content (AvgIpc) is 3.68. The van der Waals surface area contributed by atoms with E-state index in [0.717, 1.165) is 47.5 Å². The van der Waals surface area contributed by atoms with Crippen molar-refractivity contribution < 1.29 is 9.59 Å². The monoisotopic (exact) mass is 516 g/mol. The van der Waals surface area contributed by atoms with Crippen LogP contribution in [0.2, 0.25) is 0 Å². The lowest BCUT2D eigenvalue weighted by Crippen LogP contribution is -2.41. The molecule has 8 nitrogen and oxygen atoms in total. The zero-order chi connectivity index (χ0) is 25.7. The average molecular weight is 517 g/mol. The van der Waals surface area contributed by atoms with Crippen molar-refractivity contribution in [1.29, 1.82) is 0 Å². The number of hydrogen-bond acceptors (Lipinski definition) is 7. The van der Waals surface area contributed by atoms with Crippen LogP contribution in [0.25, 0.3) is 10.2 Å². The molecule has 3 aromatic rings. The van der Waals surface area contributed by atoms with Gasteiger partial charge in [-0.1, -0.05) is 24.3 Å². The number of benzene rings is 1. The van der Waals surface area contributed by atoms with E-state index in [4.69, 9.17) is 15.7 Å². The van der Waals surface area contributed by atoms with Crippen LogP contribution < -0.4 is 11.1 Å². The predicted octanol–water partition coefficient (Wildman–Crippen LogP) is 3.15. The van der Waals surface area contributed by atoms with Crippen LogP contribution in [0.4, 0.5) is 5.82 Å². The van der Waals surface area contributed by atoms with Crippen molar-refractivity contribution in [2.45, 2.75) is 31.3 Å². The number of aromatic nitrogens is 2. The molecule has 5 atom stereocenters. The number of nitrogens with one attached hydrogen (secondary N) is 1. The smallest absolute Gasteiger partial charge is 0.253 e. The molecule has 2 aromatic heterocycles. The van der Waals surface area contributed by atoms with Gasteiger partial charge in [-0.3, -0.25) is 9.59 Å². The lowest BCUT2D eigenvalue weighted by atomic mass is 9.88. The van der Waals surface area contributed by atoms with Gasteiger partial charge in [0.25, 0.3) is 5.91 Å². The summed E-state index contributed by atoms with van der Waals surface area (Å²) in [4.78, 5) is 39.0. The summed E-state index contributed by atoms with van der Waals surface area (Å²) in [7, 11) is 4.13. The maximum atomic E-state index is 13.0. The number of thiophene rings is 1. The van der Waals surface area contributed by atoms with Crippen molar-refractivity contribution in [3.8, 4) is 0 Å². The number of carbonyl (C=O) groups is 2. The Bertz CT molecular complexity index is 1370. The molecule has 1 aliphatic heterocycles. The third-order valence-electron chi connectivity index (χ3n) is 8.19. The summed E-state index contributed by atoms with van der Waals surface area (Å²) in [6.07, 6.45) is 6.84. The Hall–Kier alpha value is -3.30. The zero-order valence-electron chi connectivity index (χ0n) is 21.1. The van der Waals surface area contributed by atoms with Gasteiger partial charge in [0.15, 0.2) is 0 Å². The van der Waals surface area contributed by atoms with E-state index in [2.05, 4.69) is 36.5 Å². The van der Waals surface area contributed by atoms with Crippen LogP contribution in [0.15, 0.2) is 47.9 Å². The van der Waals surface area contributed by atoms with Crippen LogP contribution in [0.3, 0.4) is 0 Å². The molecule has 2 bridgehead atoms. The molecule has 3 heterocycles. The van der Waals surface area contributed by atoms with Gasteiger partial charge in [-0.15, -0.1) is 11.3 Å².